The molecule has 0 spiro atoms. The first kappa shape index (κ1) is 17.0. The van der Waals surface area contributed by atoms with Crippen molar-refractivity contribution in [1.29, 1.82) is 0 Å². The maximum absolute atomic E-state index is 12.8. The number of urea groups is 1. The number of aliphatic hydroxyl groups is 1. The number of aliphatic hydroxyl groups excluding tert-OH is 1. The van der Waals surface area contributed by atoms with E-state index in [1.54, 1.807) is 0 Å². The molecular formula is C18H21FN2O2. The van der Waals surface area contributed by atoms with Crippen molar-refractivity contribution >= 4 is 6.03 Å². The summed E-state index contributed by atoms with van der Waals surface area (Å²) < 4.78 is 12.8. The van der Waals surface area contributed by atoms with E-state index >= 15 is 0 Å². The maximum Gasteiger partial charge on any atom is 0.314 e. The molecule has 0 bridgehead atoms. The van der Waals surface area contributed by atoms with Gasteiger partial charge in [0, 0.05) is 13.1 Å². The van der Waals surface area contributed by atoms with Crippen LogP contribution in [-0.4, -0.2) is 24.2 Å². The lowest BCUT2D eigenvalue weighted by molar-refractivity contribution is 0.173. The van der Waals surface area contributed by atoms with Gasteiger partial charge in [-0.15, -0.1) is 0 Å². The van der Waals surface area contributed by atoms with Crippen molar-refractivity contribution in [3.05, 3.63) is 71.0 Å². The summed E-state index contributed by atoms with van der Waals surface area (Å²) in [6.45, 7) is 2.62. The lowest BCUT2D eigenvalue weighted by Crippen LogP contribution is -2.38. The average molecular weight is 316 g/mol. The molecule has 0 aliphatic heterocycles. The molecule has 0 saturated carbocycles. The summed E-state index contributed by atoms with van der Waals surface area (Å²) in [5.41, 5.74) is 2.91. The van der Waals surface area contributed by atoms with Gasteiger partial charge in [0.25, 0.3) is 0 Å². The van der Waals surface area contributed by atoms with Crippen molar-refractivity contribution in [3.8, 4) is 0 Å². The van der Waals surface area contributed by atoms with Crippen LogP contribution in [0.3, 0.4) is 0 Å². The highest BCUT2D eigenvalue weighted by Gasteiger charge is 2.09. The molecule has 2 aromatic rings. The van der Waals surface area contributed by atoms with Gasteiger partial charge < -0.3 is 15.7 Å². The summed E-state index contributed by atoms with van der Waals surface area (Å²) in [5.74, 6) is -0.359. The quantitative estimate of drug-likeness (QED) is 0.767. The summed E-state index contributed by atoms with van der Waals surface area (Å²) in [5, 5.41) is 15.3. The smallest absolute Gasteiger partial charge is 0.314 e. The number of nitrogens with one attached hydrogen (secondary N) is 2. The van der Waals surface area contributed by atoms with Crippen LogP contribution in [-0.2, 0) is 6.42 Å². The minimum Gasteiger partial charge on any atom is -0.387 e. The van der Waals surface area contributed by atoms with Crippen LogP contribution in [0.4, 0.5) is 9.18 Å². The van der Waals surface area contributed by atoms with E-state index in [2.05, 4.69) is 16.7 Å². The lowest BCUT2D eigenvalue weighted by Gasteiger charge is -2.13. The van der Waals surface area contributed by atoms with Gasteiger partial charge in [0.15, 0.2) is 0 Å². The molecule has 0 heterocycles. The molecule has 4 nitrogen and oxygen atoms in total. The Morgan fingerprint density at radius 2 is 1.91 bits per heavy atom. The monoisotopic (exact) mass is 316 g/mol. The average Bonchev–Trinajstić information content (AvgIpc) is 2.53. The summed E-state index contributed by atoms with van der Waals surface area (Å²) in [7, 11) is 0. The number of halogens is 1. The van der Waals surface area contributed by atoms with Gasteiger partial charge in [-0.05, 0) is 36.6 Å². The van der Waals surface area contributed by atoms with Crippen LogP contribution in [0.15, 0.2) is 48.5 Å². The number of hydrogen-bond acceptors (Lipinski definition) is 2. The van der Waals surface area contributed by atoms with Gasteiger partial charge in [-0.25, -0.2) is 9.18 Å². The molecule has 1 atom stereocenters. The highest BCUT2D eigenvalue weighted by molar-refractivity contribution is 5.73. The zero-order valence-electron chi connectivity index (χ0n) is 13.1. The van der Waals surface area contributed by atoms with E-state index < -0.39 is 6.10 Å². The zero-order chi connectivity index (χ0) is 16.7. The Morgan fingerprint density at radius 1 is 1.17 bits per heavy atom. The molecule has 0 aliphatic carbocycles. The van der Waals surface area contributed by atoms with Crippen LogP contribution >= 0.6 is 0 Å². The fourth-order valence-electron chi connectivity index (χ4n) is 2.24. The van der Waals surface area contributed by atoms with Crippen molar-refractivity contribution < 1.29 is 14.3 Å². The third-order valence-electron chi connectivity index (χ3n) is 3.49. The van der Waals surface area contributed by atoms with E-state index in [1.165, 1.54) is 29.8 Å². The summed E-state index contributed by atoms with van der Waals surface area (Å²) in [4.78, 5) is 11.7. The van der Waals surface area contributed by atoms with Gasteiger partial charge in [0.2, 0.25) is 0 Å². The predicted octanol–water partition coefficient (Wildman–Crippen LogP) is 2.71. The number of hydrogen-bond donors (Lipinski definition) is 3. The van der Waals surface area contributed by atoms with Crippen LogP contribution in [0.2, 0.25) is 0 Å². The molecule has 122 valence electrons. The second-order valence-corrected chi connectivity index (χ2v) is 5.44. The molecule has 0 fully saturated rings. The summed E-state index contributed by atoms with van der Waals surface area (Å²) >= 11 is 0. The van der Waals surface area contributed by atoms with Gasteiger partial charge in [0.1, 0.15) is 5.82 Å². The van der Waals surface area contributed by atoms with Crippen LogP contribution in [0.1, 0.15) is 22.8 Å². The number of rotatable bonds is 6. The van der Waals surface area contributed by atoms with Crippen molar-refractivity contribution in [1.82, 2.24) is 10.6 Å². The molecule has 23 heavy (non-hydrogen) atoms. The molecule has 2 aromatic carbocycles. The normalized spacial score (nSPS) is 11.8. The standard InChI is InChI=1S/C18H21FN2O2/c1-13-3-2-4-14(11-13)9-10-20-18(23)21-12-17(22)15-5-7-16(19)8-6-15/h2-8,11,17,22H,9-10,12H2,1H3,(H2,20,21,23). The largest absolute Gasteiger partial charge is 0.387 e. The van der Waals surface area contributed by atoms with E-state index in [0.29, 0.717) is 12.1 Å². The first-order valence-electron chi connectivity index (χ1n) is 7.55. The van der Waals surface area contributed by atoms with Crippen LogP contribution in [0.25, 0.3) is 0 Å². The minimum atomic E-state index is -0.863. The molecular weight excluding hydrogens is 295 g/mol. The van der Waals surface area contributed by atoms with E-state index in [1.807, 2.05) is 25.1 Å². The van der Waals surface area contributed by atoms with Gasteiger partial charge in [-0.1, -0.05) is 42.0 Å². The second-order valence-electron chi connectivity index (χ2n) is 5.44. The van der Waals surface area contributed by atoms with Gasteiger partial charge in [0.05, 0.1) is 6.10 Å². The fourth-order valence-corrected chi connectivity index (χ4v) is 2.24. The van der Waals surface area contributed by atoms with Crippen molar-refractivity contribution in [3.63, 3.8) is 0 Å². The number of carbonyl (C=O) groups excluding carboxylic acids is 1. The van der Waals surface area contributed by atoms with Crippen molar-refractivity contribution in [2.24, 2.45) is 0 Å². The van der Waals surface area contributed by atoms with E-state index in [9.17, 15) is 14.3 Å². The molecule has 1 unspecified atom stereocenters. The first-order valence-corrected chi connectivity index (χ1v) is 7.55. The third-order valence-corrected chi connectivity index (χ3v) is 3.49. The Labute approximate surface area is 135 Å². The Balaban J connectivity index is 1.69. The Kier molecular flexibility index (Phi) is 6.11. The van der Waals surface area contributed by atoms with Crippen molar-refractivity contribution in [2.75, 3.05) is 13.1 Å². The third kappa shape index (κ3) is 5.71. The number of aryl methyl sites for hydroxylation is 1. The van der Waals surface area contributed by atoms with Crippen LogP contribution < -0.4 is 10.6 Å². The fraction of sp³-hybridized carbons (Fsp3) is 0.278. The van der Waals surface area contributed by atoms with Gasteiger partial charge >= 0.3 is 6.03 Å². The highest BCUT2D eigenvalue weighted by Crippen LogP contribution is 2.12. The Morgan fingerprint density at radius 3 is 2.61 bits per heavy atom. The number of carbonyl (C=O) groups is 1. The van der Waals surface area contributed by atoms with Gasteiger partial charge in [-0.2, -0.15) is 0 Å². The molecule has 0 saturated heterocycles. The van der Waals surface area contributed by atoms with E-state index in [0.717, 1.165) is 12.0 Å². The molecule has 0 radical (unpaired) electrons. The predicted molar refractivity (Wildman–Crippen MR) is 87.6 cm³/mol. The Bertz CT molecular complexity index is 644. The number of benzene rings is 2. The second kappa shape index (κ2) is 8.29. The number of amides is 2. The molecule has 0 aromatic heterocycles. The molecule has 3 N–H and O–H groups in total. The van der Waals surface area contributed by atoms with E-state index in [4.69, 9.17) is 0 Å². The molecule has 0 aliphatic rings. The van der Waals surface area contributed by atoms with Crippen LogP contribution in [0, 0.1) is 12.7 Å². The van der Waals surface area contributed by atoms with Crippen molar-refractivity contribution in [2.45, 2.75) is 19.4 Å². The topological polar surface area (TPSA) is 61.4 Å². The minimum absolute atomic E-state index is 0.0713. The summed E-state index contributed by atoms with van der Waals surface area (Å²) in [6.07, 6.45) is -0.117. The maximum atomic E-state index is 12.8. The molecule has 5 heteroatoms. The summed E-state index contributed by atoms with van der Waals surface area (Å²) in [6, 6.07) is 13.3. The first-order chi connectivity index (χ1) is 11.0. The molecule has 2 rings (SSSR count). The SMILES string of the molecule is Cc1cccc(CCNC(=O)NCC(O)c2ccc(F)cc2)c1. The lowest BCUT2D eigenvalue weighted by atomic mass is 10.1. The highest BCUT2D eigenvalue weighted by atomic mass is 19.1. The van der Waals surface area contributed by atoms with Gasteiger partial charge in [-0.3, -0.25) is 0 Å². The van der Waals surface area contributed by atoms with E-state index in [-0.39, 0.29) is 18.4 Å². The van der Waals surface area contributed by atoms with Crippen LogP contribution in [0.5, 0.6) is 0 Å². The molecule has 2 amide bonds. The Hall–Kier alpha value is -2.40. The zero-order valence-corrected chi connectivity index (χ0v) is 13.1.